The number of aromatic nitrogens is 2. The van der Waals surface area contributed by atoms with E-state index in [1.165, 1.54) is 51.7 Å². The lowest BCUT2D eigenvalue weighted by Crippen LogP contribution is -2.35. The number of ether oxygens (including phenoxy) is 1. The Morgan fingerprint density at radius 2 is 1.89 bits per heavy atom. The van der Waals surface area contributed by atoms with Crippen molar-refractivity contribution in [2.24, 2.45) is 5.92 Å². The molecule has 1 aromatic rings. The highest BCUT2D eigenvalue weighted by atomic mass is 16.5. The lowest BCUT2D eigenvalue weighted by molar-refractivity contribution is 0.178. The molecule has 0 radical (unpaired) electrons. The standard InChI is InChI=1S/C20H36N6O/c1-3-5-10-25-11-7-16(8-12-25)9-13-26-15-22-17-18(21)23-20(24-19(17)26)27-14-6-4-2/h16,22H,3-15H2,1-2H3,(H2,21,23,24). The van der Waals surface area contributed by atoms with Crippen molar-refractivity contribution in [3.8, 4) is 6.01 Å². The Kier molecular flexibility index (Phi) is 7.38. The van der Waals surface area contributed by atoms with Crippen LogP contribution >= 0.6 is 0 Å². The molecular formula is C20H36N6O. The van der Waals surface area contributed by atoms with Crippen molar-refractivity contribution in [1.82, 2.24) is 14.9 Å². The minimum atomic E-state index is 0.401. The molecule has 0 aliphatic carbocycles. The van der Waals surface area contributed by atoms with Gasteiger partial charge in [-0.05, 0) is 57.7 Å². The summed E-state index contributed by atoms with van der Waals surface area (Å²) >= 11 is 0. The van der Waals surface area contributed by atoms with Gasteiger partial charge in [-0.15, -0.1) is 0 Å². The van der Waals surface area contributed by atoms with Gasteiger partial charge in [0, 0.05) is 6.54 Å². The van der Waals surface area contributed by atoms with Crippen LogP contribution < -0.4 is 20.7 Å². The van der Waals surface area contributed by atoms with E-state index in [1.807, 2.05) is 0 Å². The van der Waals surface area contributed by atoms with Gasteiger partial charge >= 0.3 is 6.01 Å². The number of hydrogen-bond acceptors (Lipinski definition) is 7. The average molecular weight is 377 g/mol. The van der Waals surface area contributed by atoms with Crippen LogP contribution in [-0.2, 0) is 0 Å². The molecule has 1 aromatic heterocycles. The summed E-state index contributed by atoms with van der Waals surface area (Å²) in [6.45, 7) is 10.6. The molecule has 3 heterocycles. The molecule has 0 unspecified atom stereocenters. The molecule has 0 amide bonds. The minimum Gasteiger partial charge on any atom is -0.463 e. The maximum absolute atomic E-state index is 6.11. The SMILES string of the molecule is CCCCOc1nc(N)c2c(n1)N(CCC1CCN(CCCC)CC1)CN2. The zero-order valence-corrected chi connectivity index (χ0v) is 17.0. The predicted octanol–water partition coefficient (Wildman–Crippen LogP) is 3.33. The molecule has 0 bridgehead atoms. The van der Waals surface area contributed by atoms with Gasteiger partial charge in [-0.1, -0.05) is 26.7 Å². The Bertz CT molecular complexity index is 588. The molecular weight excluding hydrogens is 340 g/mol. The Balaban J connectivity index is 1.50. The molecule has 1 saturated heterocycles. The van der Waals surface area contributed by atoms with Crippen molar-refractivity contribution in [1.29, 1.82) is 0 Å². The van der Waals surface area contributed by atoms with Crippen molar-refractivity contribution in [3.63, 3.8) is 0 Å². The lowest BCUT2D eigenvalue weighted by atomic mass is 9.93. The summed E-state index contributed by atoms with van der Waals surface area (Å²) < 4.78 is 5.68. The average Bonchev–Trinajstić information content (AvgIpc) is 3.09. The molecule has 0 saturated carbocycles. The predicted molar refractivity (Wildman–Crippen MR) is 111 cm³/mol. The van der Waals surface area contributed by atoms with Crippen LogP contribution in [0.25, 0.3) is 0 Å². The van der Waals surface area contributed by atoms with Crippen LogP contribution in [0.5, 0.6) is 6.01 Å². The van der Waals surface area contributed by atoms with E-state index in [-0.39, 0.29) is 0 Å². The van der Waals surface area contributed by atoms with E-state index in [9.17, 15) is 0 Å². The first-order chi connectivity index (χ1) is 13.2. The van der Waals surface area contributed by atoms with Crippen molar-refractivity contribution >= 4 is 17.3 Å². The van der Waals surface area contributed by atoms with Crippen molar-refractivity contribution in [2.75, 3.05) is 55.4 Å². The molecule has 7 heteroatoms. The molecule has 27 heavy (non-hydrogen) atoms. The number of unbranched alkanes of at least 4 members (excludes halogenated alkanes) is 2. The largest absolute Gasteiger partial charge is 0.463 e. The molecule has 0 spiro atoms. The van der Waals surface area contributed by atoms with Crippen LogP contribution in [0, 0.1) is 5.92 Å². The zero-order valence-electron chi connectivity index (χ0n) is 17.0. The minimum absolute atomic E-state index is 0.401. The molecule has 3 N–H and O–H groups in total. The number of likely N-dealkylation sites (tertiary alicyclic amines) is 1. The van der Waals surface area contributed by atoms with Gasteiger partial charge in [0.15, 0.2) is 11.6 Å². The number of nitrogens with zero attached hydrogens (tertiary/aromatic N) is 4. The number of anilines is 3. The molecule has 1 fully saturated rings. The highest BCUT2D eigenvalue weighted by Crippen LogP contribution is 2.35. The van der Waals surface area contributed by atoms with Gasteiger partial charge in [-0.3, -0.25) is 0 Å². The van der Waals surface area contributed by atoms with Crippen molar-refractivity contribution < 1.29 is 4.74 Å². The smallest absolute Gasteiger partial charge is 0.320 e. The Labute approximate surface area is 163 Å². The molecule has 2 aliphatic rings. The van der Waals surface area contributed by atoms with E-state index < -0.39 is 0 Å². The summed E-state index contributed by atoms with van der Waals surface area (Å²) in [5.41, 5.74) is 6.96. The quantitative estimate of drug-likeness (QED) is 0.606. The van der Waals surface area contributed by atoms with Gasteiger partial charge in [0.2, 0.25) is 0 Å². The van der Waals surface area contributed by atoms with Crippen molar-refractivity contribution in [3.05, 3.63) is 0 Å². The highest BCUT2D eigenvalue weighted by Gasteiger charge is 2.26. The second kappa shape index (κ2) is 9.97. The van der Waals surface area contributed by atoms with E-state index in [0.29, 0.717) is 18.4 Å². The summed E-state index contributed by atoms with van der Waals surface area (Å²) in [5.74, 6) is 2.19. The second-order valence-electron chi connectivity index (χ2n) is 7.82. The third-order valence-corrected chi connectivity index (χ3v) is 5.71. The first-order valence-corrected chi connectivity index (χ1v) is 10.7. The van der Waals surface area contributed by atoms with E-state index in [2.05, 4.69) is 38.9 Å². The van der Waals surface area contributed by atoms with E-state index in [0.717, 1.165) is 43.5 Å². The Morgan fingerprint density at radius 3 is 2.63 bits per heavy atom. The highest BCUT2D eigenvalue weighted by molar-refractivity contribution is 5.80. The third kappa shape index (κ3) is 5.37. The zero-order chi connectivity index (χ0) is 19.1. The summed E-state index contributed by atoms with van der Waals surface area (Å²) in [7, 11) is 0. The van der Waals surface area contributed by atoms with Crippen LogP contribution in [0.1, 0.15) is 58.8 Å². The number of fused-ring (bicyclic) bond motifs is 1. The maximum Gasteiger partial charge on any atom is 0.320 e. The fourth-order valence-electron chi connectivity index (χ4n) is 3.87. The fourth-order valence-corrected chi connectivity index (χ4v) is 3.87. The maximum atomic E-state index is 6.11. The topological polar surface area (TPSA) is 79.5 Å². The first kappa shape index (κ1) is 20.0. The summed E-state index contributed by atoms with van der Waals surface area (Å²) in [5, 5.41) is 3.34. The molecule has 0 aromatic carbocycles. The van der Waals surface area contributed by atoms with Crippen LogP contribution in [0.4, 0.5) is 17.3 Å². The van der Waals surface area contributed by atoms with E-state index in [1.54, 1.807) is 0 Å². The number of nitrogens with one attached hydrogen (secondary N) is 1. The first-order valence-electron chi connectivity index (χ1n) is 10.7. The van der Waals surface area contributed by atoms with Gasteiger partial charge < -0.3 is 25.6 Å². The van der Waals surface area contributed by atoms with Gasteiger partial charge in [-0.2, -0.15) is 9.97 Å². The van der Waals surface area contributed by atoms with Crippen LogP contribution in [0.15, 0.2) is 0 Å². The second-order valence-corrected chi connectivity index (χ2v) is 7.82. The summed E-state index contributed by atoms with van der Waals surface area (Å²) in [6, 6.07) is 0.401. The monoisotopic (exact) mass is 376 g/mol. The van der Waals surface area contributed by atoms with Crippen LogP contribution in [-0.4, -0.2) is 54.3 Å². The third-order valence-electron chi connectivity index (χ3n) is 5.71. The molecule has 0 atom stereocenters. The lowest BCUT2D eigenvalue weighted by Gasteiger charge is -2.32. The van der Waals surface area contributed by atoms with Gasteiger partial charge in [-0.25, -0.2) is 0 Å². The number of rotatable bonds is 10. The number of piperidine rings is 1. The van der Waals surface area contributed by atoms with Gasteiger partial charge in [0.05, 0.1) is 13.3 Å². The molecule has 3 rings (SSSR count). The van der Waals surface area contributed by atoms with Gasteiger partial charge in [0.1, 0.15) is 5.69 Å². The molecule has 7 nitrogen and oxygen atoms in total. The fraction of sp³-hybridized carbons (Fsp3) is 0.800. The molecule has 2 aliphatic heterocycles. The normalized spacial score (nSPS) is 17.8. The summed E-state index contributed by atoms with van der Waals surface area (Å²) in [6.07, 6.45) is 8.54. The summed E-state index contributed by atoms with van der Waals surface area (Å²) in [4.78, 5) is 13.8. The van der Waals surface area contributed by atoms with E-state index >= 15 is 0 Å². The van der Waals surface area contributed by atoms with Crippen LogP contribution in [0.3, 0.4) is 0 Å². The van der Waals surface area contributed by atoms with E-state index in [4.69, 9.17) is 10.5 Å². The molecule has 152 valence electrons. The number of hydrogen-bond donors (Lipinski definition) is 2. The van der Waals surface area contributed by atoms with Gasteiger partial charge in [0.25, 0.3) is 0 Å². The van der Waals surface area contributed by atoms with Crippen LogP contribution in [0.2, 0.25) is 0 Å². The van der Waals surface area contributed by atoms with Crippen molar-refractivity contribution in [2.45, 2.75) is 58.8 Å². The number of nitrogens with two attached hydrogens (primary N) is 1. The Morgan fingerprint density at radius 1 is 1.11 bits per heavy atom. The number of nitrogen functional groups attached to an aromatic ring is 1. The Hall–Kier alpha value is -1.76.